The number of aromatic nitrogens is 8. The zero-order valence-electron chi connectivity index (χ0n) is 36.9. The van der Waals surface area contributed by atoms with Gasteiger partial charge in [-0.05, 0) is 82.6 Å². The van der Waals surface area contributed by atoms with Crippen molar-refractivity contribution < 1.29 is 23.8 Å². The Balaban J connectivity index is 1.15. The third-order valence-electron chi connectivity index (χ3n) is 12.1. The minimum atomic E-state index is -0.546. The molecule has 0 spiro atoms. The van der Waals surface area contributed by atoms with Gasteiger partial charge in [0.2, 0.25) is 11.8 Å². The molecular formula is C48H53N11O5. The fourth-order valence-corrected chi connectivity index (χ4v) is 9.03. The van der Waals surface area contributed by atoms with Crippen molar-refractivity contribution in [2.24, 2.45) is 11.5 Å². The van der Waals surface area contributed by atoms with Crippen LogP contribution in [0.25, 0.3) is 66.4 Å². The molecule has 1 fully saturated rings. The first kappa shape index (κ1) is 42.3. The number of nitrogens with two attached hydrogens (primary N) is 2. The topological polar surface area (TPSA) is 188 Å². The maximum absolute atomic E-state index is 12.8. The molecule has 6 aromatic heterocycles. The summed E-state index contributed by atoms with van der Waals surface area (Å²) in [4.78, 5) is 37.5. The van der Waals surface area contributed by atoms with Gasteiger partial charge < -0.3 is 34.8 Å². The number of amides is 2. The molecule has 0 bridgehead atoms. The van der Waals surface area contributed by atoms with Crippen LogP contribution in [0, 0.1) is 13.8 Å². The van der Waals surface area contributed by atoms with E-state index < -0.39 is 11.8 Å². The van der Waals surface area contributed by atoms with Crippen LogP contribution in [0.3, 0.4) is 0 Å². The molecule has 0 unspecified atom stereocenters. The van der Waals surface area contributed by atoms with Crippen molar-refractivity contribution in [3.05, 3.63) is 95.6 Å². The predicted octanol–water partition coefficient (Wildman–Crippen LogP) is 6.64. The smallest absolute Gasteiger partial charge is 0.248 e. The Morgan fingerprint density at radius 2 is 1.20 bits per heavy atom. The summed E-state index contributed by atoms with van der Waals surface area (Å²) in [6.07, 6.45) is 8.76. The lowest BCUT2D eigenvalue weighted by molar-refractivity contribution is 0.0358. The molecule has 64 heavy (non-hydrogen) atoms. The monoisotopic (exact) mass is 863 g/mol. The van der Waals surface area contributed by atoms with Gasteiger partial charge in [-0.2, -0.15) is 10.2 Å². The number of primary amides is 2. The van der Waals surface area contributed by atoms with Crippen molar-refractivity contribution >= 4 is 55.4 Å². The van der Waals surface area contributed by atoms with Gasteiger partial charge in [-0.25, -0.2) is 0 Å². The van der Waals surface area contributed by atoms with E-state index in [1.807, 2.05) is 59.9 Å². The number of ether oxygens (including phenoxy) is 3. The molecule has 2 aromatic carbocycles. The average molecular weight is 864 g/mol. The molecule has 8 aromatic rings. The number of nitrogens with zero attached hydrogens (tertiary/aromatic N) is 9. The first-order chi connectivity index (χ1) is 31.1. The fraction of sp³-hybridized carbons (Fsp3) is 0.333. The number of rotatable bonds is 16. The normalized spacial score (nSPS) is 13.6. The van der Waals surface area contributed by atoms with Crippen LogP contribution in [0.15, 0.2) is 73.1 Å². The molecular weight excluding hydrogens is 811 g/mol. The van der Waals surface area contributed by atoms with Crippen molar-refractivity contribution in [2.45, 2.75) is 60.3 Å². The lowest BCUT2D eigenvalue weighted by atomic mass is 10.1. The molecule has 1 aliphatic rings. The first-order valence-corrected chi connectivity index (χ1v) is 21.8. The van der Waals surface area contributed by atoms with Crippen molar-refractivity contribution in [2.75, 3.05) is 46.6 Å². The molecule has 1 aliphatic heterocycles. The SMILES string of the molecule is CCn1nc(C)cc1-c1cc2c(cn1)c1cc(C(N)=O)cc(OC)c1n2C/C=C/Cn1c2cc(-c3cc(C)nn3CC)ncc2c2cc(C(N)=O)cc(OCCCN3CCOCC3)c21. The maximum atomic E-state index is 12.8. The summed E-state index contributed by atoms with van der Waals surface area (Å²) in [7, 11) is 1.59. The van der Waals surface area contributed by atoms with Crippen molar-refractivity contribution in [3.63, 3.8) is 0 Å². The Hall–Kier alpha value is -7.04. The maximum Gasteiger partial charge on any atom is 0.248 e. The van der Waals surface area contributed by atoms with E-state index in [0.29, 0.717) is 55.4 Å². The molecule has 9 rings (SSSR count). The molecule has 16 heteroatoms. The van der Waals surface area contributed by atoms with Crippen molar-refractivity contribution in [1.82, 2.24) is 43.6 Å². The average Bonchev–Trinajstić information content (AvgIpc) is 4.06. The van der Waals surface area contributed by atoms with Crippen LogP contribution in [-0.4, -0.2) is 102 Å². The second-order valence-electron chi connectivity index (χ2n) is 16.2. The highest BCUT2D eigenvalue weighted by atomic mass is 16.5. The van der Waals surface area contributed by atoms with Crippen molar-refractivity contribution in [3.8, 4) is 34.3 Å². The van der Waals surface area contributed by atoms with Crippen LogP contribution in [-0.2, 0) is 30.9 Å². The zero-order valence-corrected chi connectivity index (χ0v) is 36.9. The van der Waals surface area contributed by atoms with Crippen LogP contribution >= 0.6 is 0 Å². The van der Waals surface area contributed by atoms with Crippen LogP contribution < -0.4 is 20.9 Å². The number of fused-ring (bicyclic) bond motifs is 6. The van der Waals surface area contributed by atoms with E-state index in [4.69, 9.17) is 40.7 Å². The summed E-state index contributed by atoms with van der Waals surface area (Å²) in [5.74, 6) is 0.0180. The van der Waals surface area contributed by atoms with Gasteiger partial charge in [0.25, 0.3) is 0 Å². The van der Waals surface area contributed by atoms with Crippen LogP contribution in [0.1, 0.15) is 52.4 Å². The van der Waals surface area contributed by atoms with E-state index in [1.54, 1.807) is 19.2 Å². The molecule has 7 heterocycles. The Labute approximate surface area is 370 Å². The summed E-state index contributed by atoms with van der Waals surface area (Å²) in [6.45, 7) is 14.9. The third-order valence-corrected chi connectivity index (χ3v) is 12.1. The van der Waals surface area contributed by atoms with Gasteiger partial charge in [0.05, 0.1) is 83.2 Å². The Bertz CT molecular complexity index is 3110. The summed E-state index contributed by atoms with van der Waals surface area (Å²) < 4.78 is 26.4. The third kappa shape index (κ3) is 7.83. The molecule has 4 N–H and O–H groups in total. The van der Waals surface area contributed by atoms with Gasteiger partial charge in [0, 0.05) is 90.9 Å². The number of hydrogen-bond donors (Lipinski definition) is 2. The lowest BCUT2D eigenvalue weighted by Crippen LogP contribution is -2.37. The number of hydrogen-bond acceptors (Lipinski definition) is 10. The van der Waals surface area contributed by atoms with Crippen LogP contribution in [0.4, 0.5) is 0 Å². The molecule has 0 saturated carbocycles. The molecule has 330 valence electrons. The molecule has 16 nitrogen and oxygen atoms in total. The highest BCUT2D eigenvalue weighted by Gasteiger charge is 2.22. The number of pyridine rings is 2. The first-order valence-electron chi connectivity index (χ1n) is 21.8. The van der Waals surface area contributed by atoms with Gasteiger partial charge >= 0.3 is 0 Å². The van der Waals surface area contributed by atoms with Crippen molar-refractivity contribution in [1.29, 1.82) is 0 Å². The summed E-state index contributed by atoms with van der Waals surface area (Å²) >= 11 is 0. The van der Waals surface area contributed by atoms with Crippen LogP contribution in [0.2, 0.25) is 0 Å². The van der Waals surface area contributed by atoms with Gasteiger partial charge in [0.1, 0.15) is 11.5 Å². The Kier molecular flexibility index (Phi) is 11.6. The number of benzene rings is 2. The second-order valence-corrected chi connectivity index (χ2v) is 16.2. The number of carbonyl (C=O) groups is 2. The van der Waals surface area contributed by atoms with Gasteiger partial charge in [-0.1, -0.05) is 12.2 Å². The van der Waals surface area contributed by atoms with Gasteiger partial charge in [0.15, 0.2) is 0 Å². The van der Waals surface area contributed by atoms with E-state index in [1.165, 1.54) is 0 Å². The number of morpholine rings is 1. The van der Waals surface area contributed by atoms with E-state index in [9.17, 15) is 9.59 Å². The number of aryl methyl sites for hydroxylation is 4. The van der Waals surface area contributed by atoms with Crippen LogP contribution in [0.5, 0.6) is 11.5 Å². The quantitative estimate of drug-likeness (QED) is 0.0788. The van der Waals surface area contributed by atoms with E-state index in [-0.39, 0.29) is 0 Å². The molecule has 0 radical (unpaired) electrons. The van der Waals surface area contributed by atoms with E-state index >= 15 is 0 Å². The minimum Gasteiger partial charge on any atom is -0.495 e. The van der Waals surface area contributed by atoms with Gasteiger partial charge in [-0.15, -0.1) is 0 Å². The summed E-state index contributed by atoms with van der Waals surface area (Å²) in [5.41, 5.74) is 21.1. The highest BCUT2D eigenvalue weighted by molar-refractivity contribution is 6.14. The molecule has 2 amide bonds. The largest absolute Gasteiger partial charge is 0.495 e. The Morgan fingerprint density at radius 3 is 1.69 bits per heavy atom. The van der Waals surface area contributed by atoms with E-state index in [2.05, 4.69) is 57.3 Å². The molecule has 0 aliphatic carbocycles. The highest BCUT2D eigenvalue weighted by Crippen LogP contribution is 2.39. The number of carbonyl (C=O) groups excluding carboxylic acids is 2. The molecule has 1 saturated heterocycles. The predicted molar refractivity (Wildman–Crippen MR) is 248 cm³/mol. The van der Waals surface area contributed by atoms with Gasteiger partial charge in [-0.3, -0.25) is 33.8 Å². The molecule has 0 atom stereocenters. The fourth-order valence-electron chi connectivity index (χ4n) is 9.03. The summed E-state index contributed by atoms with van der Waals surface area (Å²) in [6, 6.07) is 15.3. The second kappa shape index (κ2) is 17.6. The zero-order chi connectivity index (χ0) is 44.6. The number of allylic oxidation sites excluding steroid dienone is 2. The van der Waals surface area contributed by atoms with E-state index in [0.717, 1.165) is 117 Å². The standard InChI is InChI=1S/C48H53N11O5/c1-6-58-41(19-29(3)53-58)37-25-39-35(27-51-37)33-21-31(47(49)60)23-43(62-5)45(33)56(39)12-8-9-13-57-40-26-38(42-20-30(4)54-59(42)7-2)52-28-36(40)34-22-32(48(50)61)24-44(46(34)57)64-16-10-11-55-14-17-63-18-15-55/h8-9,19-28H,6-7,10-18H2,1-5H3,(H2,49,60)(H2,50,61)/b9-8+. The lowest BCUT2D eigenvalue weighted by Gasteiger charge is -2.26. The summed E-state index contributed by atoms with van der Waals surface area (Å²) in [5, 5.41) is 12.7. The Morgan fingerprint density at radius 1 is 0.703 bits per heavy atom. The number of methoxy groups -OCH3 is 1. The minimum absolute atomic E-state index is 0.346.